The van der Waals surface area contributed by atoms with Crippen LogP contribution in [0.1, 0.15) is 44.7 Å². The Morgan fingerprint density at radius 1 is 0.900 bits per heavy atom. The molecule has 0 aromatic heterocycles. The van der Waals surface area contributed by atoms with Crippen LogP contribution < -0.4 is 9.62 Å². The molecule has 0 heterocycles. The smallest absolute Gasteiger partial charge is 0.264 e. The molecule has 0 saturated heterocycles. The van der Waals surface area contributed by atoms with Crippen molar-refractivity contribution >= 4 is 50.7 Å². The van der Waals surface area contributed by atoms with Gasteiger partial charge in [0.1, 0.15) is 12.6 Å². The van der Waals surface area contributed by atoms with Gasteiger partial charge in [-0.15, -0.1) is 0 Å². The van der Waals surface area contributed by atoms with Gasteiger partial charge in [0.05, 0.1) is 10.6 Å². The van der Waals surface area contributed by atoms with Crippen LogP contribution in [0.3, 0.4) is 0 Å². The molecule has 2 atom stereocenters. The maximum absolute atomic E-state index is 14.1. The van der Waals surface area contributed by atoms with Crippen molar-refractivity contribution in [3.05, 3.63) is 94.0 Å². The molecule has 3 rings (SSSR count). The Labute approximate surface area is 247 Å². The summed E-state index contributed by atoms with van der Waals surface area (Å²) < 4.78 is 28.8. The summed E-state index contributed by atoms with van der Waals surface area (Å²) in [5, 5.41) is 3.79. The number of benzene rings is 3. The minimum Gasteiger partial charge on any atom is -0.352 e. The van der Waals surface area contributed by atoms with Gasteiger partial charge in [-0.25, -0.2) is 8.42 Å². The summed E-state index contributed by atoms with van der Waals surface area (Å²) in [5.41, 5.74) is 1.91. The average molecular weight is 605 g/mol. The minimum absolute atomic E-state index is 0.00974. The molecule has 0 aliphatic carbocycles. The molecule has 3 aromatic carbocycles. The van der Waals surface area contributed by atoms with Gasteiger partial charge in [-0.1, -0.05) is 72.9 Å². The van der Waals surface area contributed by atoms with E-state index in [1.165, 1.54) is 29.2 Å². The number of halogens is 2. The highest BCUT2D eigenvalue weighted by molar-refractivity contribution is 7.92. The van der Waals surface area contributed by atoms with Gasteiger partial charge in [0.2, 0.25) is 11.8 Å². The van der Waals surface area contributed by atoms with E-state index in [1.54, 1.807) is 48.5 Å². The fourth-order valence-corrected chi connectivity index (χ4v) is 5.88. The summed E-state index contributed by atoms with van der Waals surface area (Å²) in [7, 11) is -4.17. The molecule has 0 radical (unpaired) electrons. The van der Waals surface area contributed by atoms with E-state index in [4.69, 9.17) is 23.2 Å². The van der Waals surface area contributed by atoms with Crippen molar-refractivity contribution in [2.75, 3.05) is 10.8 Å². The number of anilines is 1. The highest BCUT2D eigenvalue weighted by Gasteiger charge is 2.34. The molecule has 3 aromatic rings. The highest BCUT2D eigenvalue weighted by Crippen LogP contribution is 2.27. The molecule has 40 heavy (non-hydrogen) atoms. The van der Waals surface area contributed by atoms with E-state index in [-0.39, 0.29) is 23.4 Å². The van der Waals surface area contributed by atoms with Crippen molar-refractivity contribution in [1.82, 2.24) is 10.2 Å². The monoisotopic (exact) mass is 603 g/mol. The summed E-state index contributed by atoms with van der Waals surface area (Å²) in [6, 6.07) is 18.8. The van der Waals surface area contributed by atoms with E-state index < -0.39 is 28.5 Å². The van der Waals surface area contributed by atoms with Crippen molar-refractivity contribution in [2.24, 2.45) is 0 Å². The van der Waals surface area contributed by atoms with Gasteiger partial charge in [-0.05, 0) is 74.7 Å². The van der Waals surface area contributed by atoms with E-state index >= 15 is 0 Å². The predicted octanol–water partition coefficient (Wildman–Crippen LogP) is 6.22. The van der Waals surface area contributed by atoms with Crippen LogP contribution in [0.5, 0.6) is 0 Å². The molecule has 1 N–H and O–H groups in total. The second-order valence-electron chi connectivity index (χ2n) is 9.66. The maximum Gasteiger partial charge on any atom is 0.264 e. The Hall–Kier alpha value is -3.07. The molecule has 0 unspecified atom stereocenters. The lowest BCUT2D eigenvalue weighted by atomic mass is 10.1. The molecular weight excluding hydrogens is 569 g/mol. The number of hydrogen-bond acceptors (Lipinski definition) is 4. The summed E-state index contributed by atoms with van der Waals surface area (Å²) in [5.74, 6) is -0.844. The fraction of sp³-hybridized carbons (Fsp3) is 0.333. The fourth-order valence-electron chi connectivity index (χ4n) is 4.14. The van der Waals surface area contributed by atoms with Crippen LogP contribution in [-0.4, -0.2) is 43.8 Å². The number of amides is 2. The van der Waals surface area contributed by atoms with Gasteiger partial charge in [-0.2, -0.15) is 0 Å². The third-order valence-electron chi connectivity index (χ3n) is 6.69. The van der Waals surface area contributed by atoms with Gasteiger partial charge < -0.3 is 10.2 Å². The first-order chi connectivity index (χ1) is 19.0. The van der Waals surface area contributed by atoms with Gasteiger partial charge >= 0.3 is 0 Å². The number of nitrogens with zero attached hydrogens (tertiary/aromatic N) is 2. The average Bonchev–Trinajstić information content (AvgIpc) is 2.93. The van der Waals surface area contributed by atoms with E-state index in [0.717, 1.165) is 16.3 Å². The van der Waals surface area contributed by atoms with Crippen molar-refractivity contribution in [3.8, 4) is 0 Å². The number of rotatable bonds is 12. The SMILES string of the molecule is CC[C@@H](C)NC(=O)[C@H](CC)N(Cc1ccccc1Cl)C(=O)CN(c1ccc(C)cc1)S(=O)(=O)c1ccc(Cl)cc1. The van der Waals surface area contributed by atoms with Crippen molar-refractivity contribution < 1.29 is 18.0 Å². The first kappa shape index (κ1) is 31.5. The molecule has 2 amide bonds. The van der Waals surface area contributed by atoms with Gasteiger partial charge in [0.25, 0.3) is 10.0 Å². The summed E-state index contributed by atoms with van der Waals surface area (Å²) >= 11 is 12.4. The van der Waals surface area contributed by atoms with Gasteiger partial charge in [0.15, 0.2) is 0 Å². The van der Waals surface area contributed by atoms with E-state index in [2.05, 4.69) is 5.32 Å². The zero-order chi connectivity index (χ0) is 29.4. The molecule has 0 aliphatic heterocycles. The molecule has 0 saturated carbocycles. The number of hydrogen-bond donors (Lipinski definition) is 1. The Morgan fingerprint density at radius 2 is 1.52 bits per heavy atom. The number of nitrogens with one attached hydrogen (secondary N) is 1. The zero-order valence-electron chi connectivity index (χ0n) is 23.1. The third kappa shape index (κ3) is 7.77. The Morgan fingerprint density at radius 3 is 2.10 bits per heavy atom. The minimum atomic E-state index is -4.17. The molecular formula is C30H35Cl2N3O4S. The first-order valence-electron chi connectivity index (χ1n) is 13.2. The first-order valence-corrected chi connectivity index (χ1v) is 15.4. The van der Waals surface area contributed by atoms with Crippen LogP contribution in [0.15, 0.2) is 77.7 Å². The van der Waals surface area contributed by atoms with Crippen molar-refractivity contribution in [3.63, 3.8) is 0 Å². The van der Waals surface area contributed by atoms with E-state index in [1.807, 2.05) is 27.7 Å². The lowest BCUT2D eigenvalue weighted by molar-refractivity contribution is -0.140. The van der Waals surface area contributed by atoms with Gasteiger partial charge in [0, 0.05) is 22.6 Å². The zero-order valence-corrected chi connectivity index (χ0v) is 25.4. The number of carbonyl (C=O) groups is 2. The standard InChI is InChI=1S/C30H35Cl2N3O4S/c1-5-22(4)33-30(37)28(6-2)34(19-23-9-7-8-10-27(23)32)29(36)20-35(25-15-11-21(3)12-16-25)40(38,39)26-17-13-24(31)14-18-26/h7-18,22,28H,5-6,19-20H2,1-4H3,(H,33,37)/t22-,28+/m1/s1. The molecule has 10 heteroatoms. The van der Waals surface area contributed by atoms with Crippen LogP contribution in [0.2, 0.25) is 10.0 Å². The second-order valence-corrected chi connectivity index (χ2v) is 12.4. The predicted molar refractivity (Wildman–Crippen MR) is 161 cm³/mol. The maximum atomic E-state index is 14.1. The van der Waals surface area contributed by atoms with Crippen LogP contribution in [0.4, 0.5) is 5.69 Å². The van der Waals surface area contributed by atoms with Crippen LogP contribution in [-0.2, 0) is 26.2 Å². The van der Waals surface area contributed by atoms with Gasteiger partial charge in [-0.3, -0.25) is 13.9 Å². The largest absolute Gasteiger partial charge is 0.352 e. The molecule has 7 nitrogen and oxygen atoms in total. The quantitative estimate of drug-likeness (QED) is 0.266. The highest BCUT2D eigenvalue weighted by atomic mass is 35.5. The number of carbonyl (C=O) groups excluding carboxylic acids is 2. The number of sulfonamides is 1. The second kappa shape index (κ2) is 14.0. The summed E-state index contributed by atoms with van der Waals surface area (Å²) in [6.45, 7) is 7.07. The molecule has 0 aliphatic rings. The summed E-state index contributed by atoms with van der Waals surface area (Å²) in [6.07, 6.45) is 1.05. The number of aryl methyl sites for hydroxylation is 1. The molecule has 0 spiro atoms. The van der Waals surface area contributed by atoms with Crippen molar-refractivity contribution in [2.45, 2.75) is 64.1 Å². The summed E-state index contributed by atoms with van der Waals surface area (Å²) in [4.78, 5) is 28.8. The van der Waals surface area contributed by atoms with E-state index in [9.17, 15) is 18.0 Å². The normalized spacial score (nSPS) is 12.8. The molecule has 0 bridgehead atoms. The van der Waals surface area contributed by atoms with Crippen molar-refractivity contribution in [1.29, 1.82) is 0 Å². The van der Waals surface area contributed by atoms with E-state index in [0.29, 0.717) is 27.7 Å². The third-order valence-corrected chi connectivity index (χ3v) is 9.10. The Kier molecular flexibility index (Phi) is 11.0. The van der Waals surface area contributed by atoms with Crippen LogP contribution in [0.25, 0.3) is 0 Å². The van der Waals surface area contributed by atoms with Crippen LogP contribution in [0, 0.1) is 6.92 Å². The lowest BCUT2D eigenvalue weighted by Crippen LogP contribution is -2.53. The Bertz CT molecular complexity index is 1410. The molecule has 214 valence electrons. The topological polar surface area (TPSA) is 86.8 Å². The van der Waals surface area contributed by atoms with Crippen LogP contribution >= 0.6 is 23.2 Å². The lowest BCUT2D eigenvalue weighted by Gasteiger charge is -2.34. The Balaban J connectivity index is 2.06. The molecule has 0 fully saturated rings.